The zero-order valence-electron chi connectivity index (χ0n) is 13.2. The standard InChI is InChI=1S/C16H17FN2O5/c1-3-23-15(21)13-9(2)18-16(22)19-12(13)8-24-14(20)10-5-4-6-11(17)7-10/h4-7,9H,3,8H2,1-2H3,(H2,18,19,22)/t9-/m0/s1. The number of carbonyl (C=O) groups excluding carboxylic acids is 3. The van der Waals surface area contributed by atoms with Gasteiger partial charge in [-0.3, -0.25) is 0 Å². The van der Waals surface area contributed by atoms with Crippen LogP contribution < -0.4 is 10.6 Å². The Morgan fingerprint density at radius 2 is 2.00 bits per heavy atom. The van der Waals surface area contributed by atoms with Crippen LogP contribution in [0.25, 0.3) is 0 Å². The van der Waals surface area contributed by atoms with E-state index in [0.29, 0.717) is 0 Å². The summed E-state index contributed by atoms with van der Waals surface area (Å²) < 4.78 is 23.1. The second kappa shape index (κ2) is 7.58. The highest BCUT2D eigenvalue weighted by Crippen LogP contribution is 2.15. The zero-order chi connectivity index (χ0) is 17.7. The molecule has 1 heterocycles. The molecule has 0 saturated carbocycles. The van der Waals surface area contributed by atoms with E-state index < -0.39 is 29.8 Å². The number of ether oxygens (including phenoxy) is 2. The van der Waals surface area contributed by atoms with Gasteiger partial charge in [0.15, 0.2) is 0 Å². The molecule has 8 heteroatoms. The van der Waals surface area contributed by atoms with Crippen molar-refractivity contribution >= 4 is 18.0 Å². The highest BCUT2D eigenvalue weighted by Gasteiger charge is 2.30. The van der Waals surface area contributed by atoms with Crippen LogP contribution in [0.3, 0.4) is 0 Å². The van der Waals surface area contributed by atoms with Crippen molar-refractivity contribution < 1.29 is 28.2 Å². The molecule has 1 aromatic carbocycles. The van der Waals surface area contributed by atoms with Crippen molar-refractivity contribution in [3.63, 3.8) is 0 Å². The fourth-order valence-electron chi connectivity index (χ4n) is 2.23. The minimum absolute atomic E-state index is 0.0293. The van der Waals surface area contributed by atoms with E-state index in [-0.39, 0.29) is 30.0 Å². The first-order chi connectivity index (χ1) is 11.4. The molecule has 1 atom stereocenters. The summed E-state index contributed by atoms with van der Waals surface area (Å²) in [6.07, 6.45) is 0. The molecule has 0 fully saturated rings. The van der Waals surface area contributed by atoms with Gasteiger partial charge in [-0.05, 0) is 32.0 Å². The van der Waals surface area contributed by atoms with Crippen molar-refractivity contribution in [3.8, 4) is 0 Å². The SMILES string of the molecule is CCOC(=O)C1=C(COC(=O)c2cccc(F)c2)NC(=O)N[C@H]1C. The lowest BCUT2D eigenvalue weighted by molar-refractivity contribution is -0.139. The summed E-state index contributed by atoms with van der Waals surface area (Å²) in [6.45, 7) is 3.08. The highest BCUT2D eigenvalue weighted by molar-refractivity contribution is 5.95. The summed E-state index contributed by atoms with van der Waals surface area (Å²) in [6, 6.07) is 3.90. The molecular formula is C16H17FN2O5. The number of hydrogen-bond acceptors (Lipinski definition) is 5. The molecule has 2 N–H and O–H groups in total. The van der Waals surface area contributed by atoms with Crippen LogP contribution in [-0.4, -0.2) is 37.2 Å². The minimum atomic E-state index is -0.773. The molecule has 24 heavy (non-hydrogen) atoms. The molecule has 7 nitrogen and oxygen atoms in total. The number of urea groups is 1. The molecule has 1 aliphatic rings. The van der Waals surface area contributed by atoms with Gasteiger partial charge in [0, 0.05) is 0 Å². The Kier molecular flexibility index (Phi) is 5.51. The van der Waals surface area contributed by atoms with Gasteiger partial charge in [-0.15, -0.1) is 0 Å². The smallest absolute Gasteiger partial charge is 0.338 e. The van der Waals surface area contributed by atoms with Crippen molar-refractivity contribution in [2.75, 3.05) is 13.2 Å². The number of rotatable bonds is 5. The lowest BCUT2D eigenvalue weighted by Gasteiger charge is -2.26. The van der Waals surface area contributed by atoms with Gasteiger partial charge in [-0.2, -0.15) is 0 Å². The maximum atomic E-state index is 13.1. The van der Waals surface area contributed by atoms with Gasteiger partial charge in [0.25, 0.3) is 0 Å². The number of amides is 2. The summed E-state index contributed by atoms with van der Waals surface area (Å²) in [5, 5.41) is 4.96. The maximum absolute atomic E-state index is 13.1. The molecule has 1 aromatic rings. The van der Waals surface area contributed by atoms with Crippen LogP contribution in [0, 0.1) is 5.82 Å². The van der Waals surface area contributed by atoms with Crippen molar-refractivity contribution in [3.05, 3.63) is 46.9 Å². The van der Waals surface area contributed by atoms with Gasteiger partial charge in [-0.1, -0.05) is 6.07 Å². The van der Waals surface area contributed by atoms with E-state index in [1.54, 1.807) is 13.8 Å². The van der Waals surface area contributed by atoms with Gasteiger partial charge < -0.3 is 20.1 Å². The quantitative estimate of drug-likeness (QED) is 0.795. The lowest BCUT2D eigenvalue weighted by Crippen LogP contribution is -2.50. The van der Waals surface area contributed by atoms with E-state index in [9.17, 15) is 18.8 Å². The fraction of sp³-hybridized carbons (Fsp3) is 0.312. The van der Waals surface area contributed by atoms with Crippen LogP contribution in [0.15, 0.2) is 35.5 Å². The van der Waals surface area contributed by atoms with Crippen LogP contribution in [0.5, 0.6) is 0 Å². The first-order valence-electron chi connectivity index (χ1n) is 7.32. The number of hydrogen-bond donors (Lipinski definition) is 2. The Morgan fingerprint density at radius 1 is 1.25 bits per heavy atom. The summed E-state index contributed by atoms with van der Waals surface area (Å²) in [5.74, 6) is -1.96. The van der Waals surface area contributed by atoms with Crippen molar-refractivity contribution in [2.24, 2.45) is 0 Å². The minimum Gasteiger partial charge on any atom is -0.463 e. The molecule has 0 aliphatic carbocycles. The number of esters is 2. The number of nitrogens with one attached hydrogen (secondary N) is 2. The Morgan fingerprint density at radius 3 is 2.67 bits per heavy atom. The van der Waals surface area contributed by atoms with Gasteiger partial charge in [-0.25, -0.2) is 18.8 Å². The molecule has 2 amide bonds. The lowest BCUT2D eigenvalue weighted by atomic mass is 10.0. The van der Waals surface area contributed by atoms with Crippen LogP contribution in [0.1, 0.15) is 24.2 Å². The van der Waals surface area contributed by atoms with Crippen molar-refractivity contribution in [2.45, 2.75) is 19.9 Å². The van der Waals surface area contributed by atoms with E-state index in [2.05, 4.69) is 10.6 Å². The monoisotopic (exact) mass is 336 g/mol. The van der Waals surface area contributed by atoms with Gasteiger partial charge in [0.2, 0.25) is 0 Å². The maximum Gasteiger partial charge on any atom is 0.338 e. The van der Waals surface area contributed by atoms with E-state index in [1.807, 2.05) is 0 Å². The molecule has 0 unspecified atom stereocenters. The Labute approximate surface area is 137 Å². The number of halogens is 1. The summed E-state index contributed by atoms with van der Waals surface area (Å²) >= 11 is 0. The molecule has 0 saturated heterocycles. The second-order valence-electron chi connectivity index (χ2n) is 5.02. The molecule has 1 aliphatic heterocycles. The topological polar surface area (TPSA) is 93.7 Å². The van der Waals surface area contributed by atoms with Crippen LogP contribution >= 0.6 is 0 Å². The zero-order valence-corrected chi connectivity index (χ0v) is 13.2. The van der Waals surface area contributed by atoms with Crippen LogP contribution in [0.4, 0.5) is 9.18 Å². The molecule has 0 radical (unpaired) electrons. The second-order valence-corrected chi connectivity index (χ2v) is 5.02. The third kappa shape index (κ3) is 4.09. The normalized spacial score (nSPS) is 17.0. The molecule has 2 rings (SSSR count). The molecule has 0 aromatic heterocycles. The predicted molar refractivity (Wildman–Crippen MR) is 81.5 cm³/mol. The Hall–Kier alpha value is -2.90. The average Bonchev–Trinajstić information content (AvgIpc) is 2.52. The molecule has 0 bridgehead atoms. The van der Waals surface area contributed by atoms with Crippen LogP contribution in [-0.2, 0) is 14.3 Å². The highest BCUT2D eigenvalue weighted by atomic mass is 19.1. The summed E-state index contributed by atoms with van der Waals surface area (Å²) in [4.78, 5) is 35.5. The van der Waals surface area contributed by atoms with Gasteiger partial charge in [0.05, 0.1) is 29.5 Å². The van der Waals surface area contributed by atoms with E-state index in [0.717, 1.165) is 6.07 Å². The van der Waals surface area contributed by atoms with Crippen molar-refractivity contribution in [1.82, 2.24) is 10.6 Å². The van der Waals surface area contributed by atoms with Crippen molar-refractivity contribution in [1.29, 1.82) is 0 Å². The van der Waals surface area contributed by atoms with E-state index in [1.165, 1.54) is 18.2 Å². The third-order valence-corrected chi connectivity index (χ3v) is 3.27. The molecular weight excluding hydrogens is 319 g/mol. The van der Waals surface area contributed by atoms with E-state index >= 15 is 0 Å². The Bertz CT molecular complexity index is 701. The van der Waals surface area contributed by atoms with Gasteiger partial charge in [0.1, 0.15) is 12.4 Å². The number of benzene rings is 1. The third-order valence-electron chi connectivity index (χ3n) is 3.27. The summed E-state index contributed by atoms with van der Waals surface area (Å²) in [7, 11) is 0. The average molecular weight is 336 g/mol. The predicted octanol–water partition coefficient (Wildman–Crippen LogP) is 1.50. The van der Waals surface area contributed by atoms with Crippen LogP contribution in [0.2, 0.25) is 0 Å². The molecule has 0 spiro atoms. The first kappa shape index (κ1) is 17.5. The van der Waals surface area contributed by atoms with E-state index in [4.69, 9.17) is 9.47 Å². The largest absolute Gasteiger partial charge is 0.463 e. The first-order valence-corrected chi connectivity index (χ1v) is 7.32. The van der Waals surface area contributed by atoms with Gasteiger partial charge >= 0.3 is 18.0 Å². The number of carbonyl (C=O) groups is 3. The Balaban J connectivity index is 2.17. The summed E-state index contributed by atoms with van der Waals surface area (Å²) in [5.41, 5.74) is 0.333. The fourth-order valence-corrected chi connectivity index (χ4v) is 2.23. The molecule has 128 valence electrons.